The van der Waals surface area contributed by atoms with Crippen LogP contribution in [-0.4, -0.2) is 35.2 Å². The molecule has 5 rings (SSSR count). The molecule has 0 aromatic heterocycles. The van der Waals surface area contributed by atoms with E-state index in [0.29, 0.717) is 11.9 Å². The van der Waals surface area contributed by atoms with Gasteiger partial charge in [0.05, 0.1) is 0 Å². The average Bonchev–Trinajstić information content (AvgIpc) is 3.01. The molecular formula is C23H30Cl2N10. The Kier molecular flexibility index (Phi) is 6.43. The Hall–Kier alpha value is -3.50. The number of guanidine groups is 4. The number of hydrogen-bond acceptors (Lipinski definition) is 10. The number of benzene rings is 2. The fraction of sp³-hybridized carbons (Fsp3) is 0.304. The first-order valence-corrected chi connectivity index (χ1v) is 10.7. The minimum Gasteiger partial charge on any atom is -0.369 e. The summed E-state index contributed by atoms with van der Waals surface area (Å²) < 4.78 is 0. The lowest BCUT2D eigenvalue weighted by atomic mass is 10.0. The molecule has 0 spiro atoms. The van der Waals surface area contributed by atoms with E-state index < -0.39 is 11.3 Å². The highest BCUT2D eigenvalue weighted by atomic mass is 35.5. The van der Waals surface area contributed by atoms with E-state index in [0.717, 1.165) is 17.8 Å². The molecule has 2 heterocycles. The van der Waals surface area contributed by atoms with Crippen LogP contribution in [0.1, 0.15) is 38.8 Å². The van der Waals surface area contributed by atoms with Crippen LogP contribution in [0.3, 0.4) is 0 Å². The lowest BCUT2D eigenvalue weighted by Crippen LogP contribution is -2.54. The van der Waals surface area contributed by atoms with Crippen molar-refractivity contribution in [1.82, 2.24) is 0 Å². The Balaban J connectivity index is 0.00000171. The summed E-state index contributed by atoms with van der Waals surface area (Å²) >= 11 is 0. The van der Waals surface area contributed by atoms with Crippen LogP contribution in [0.2, 0.25) is 0 Å². The Morgan fingerprint density at radius 3 is 1.37 bits per heavy atom. The van der Waals surface area contributed by atoms with E-state index in [1.54, 1.807) is 0 Å². The number of anilines is 2. The van der Waals surface area contributed by atoms with E-state index in [2.05, 4.69) is 44.2 Å². The number of fused-ring (bicyclic) bond motifs is 3. The maximum Gasteiger partial charge on any atom is 0.220 e. The van der Waals surface area contributed by atoms with Crippen LogP contribution in [0, 0.1) is 0 Å². The Morgan fingerprint density at radius 2 is 1.03 bits per heavy atom. The van der Waals surface area contributed by atoms with Gasteiger partial charge in [-0.3, -0.25) is 9.80 Å². The van der Waals surface area contributed by atoms with Crippen LogP contribution in [0.15, 0.2) is 56.4 Å². The summed E-state index contributed by atoms with van der Waals surface area (Å²) in [5.41, 5.74) is 29.4. The highest BCUT2D eigenvalue weighted by molar-refractivity contribution is 6.06. The Morgan fingerprint density at radius 1 is 0.657 bits per heavy atom. The molecule has 0 atom stereocenters. The van der Waals surface area contributed by atoms with Crippen LogP contribution in [-0.2, 0) is 6.42 Å². The van der Waals surface area contributed by atoms with Gasteiger partial charge < -0.3 is 22.9 Å². The van der Waals surface area contributed by atoms with Gasteiger partial charge in [0.2, 0.25) is 23.8 Å². The third-order valence-electron chi connectivity index (χ3n) is 6.15. The number of hydrogen-bond donors (Lipinski definition) is 4. The molecule has 2 aromatic rings. The van der Waals surface area contributed by atoms with Crippen LogP contribution >= 0.6 is 24.8 Å². The molecule has 12 heteroatoms. The van der Waals surface area contributed by atoms with Crippen molar-refractivity contribution in [3.05, 3.63) is 47.5 Å². The van der Waals surface area contributed by atoms with E-state index in [4.69, 9.17) is 22.9 Å². The quantitative estimate of drug-likeness (QED) is 0.409. The summed E-state index contributed by atoms with van der Waals surface area (Å²) in [5, 5.41) is 0. The molecule has 8 N–H and O–H groups in total. The van der Waals surface area contributed by atoms with E-state index in [1.807, 2.05) is 49.6 Å². The molecule has 186 valence electrons. The standard InChI is InChI=1S/C23H28N10.2ClH/c1-22(2)30-18(24)28-20(26)32(22)14-5-7-16-12(10-14)9-13-11-15(6-8-17(13)16)33-21(27)29-19(25)31-23(33,3)4;;/h5-8,10-11H,9H2,1-4H3,(H4,24,26,28,30)(H4,25,27,29,31);2*1H. The van der Waals surface area contributed by atoms with Crippen molar-refractivity contribution < 1.29 is 0 Å². The topological polar surface area (TPSA) is 160 Å². The van der Waals surface area contributed by atoms with Crippen molar-refractivity contribution in [2.45, 2.75) is 45.4 Å². The van der Waals surface area contributed by atoms with Crippen molar-refractivity contribution in [2.24, 2.45) is 42.9 Å². The Bertz CT molecular complexity index is 1210. The van der Waals surface area contributed by atoms with Gasteiger partial charge in [0, 0.05) is 11.4 Å². The van der Waals surface area contributed by atoms with Gasteiger partial charge in [-0.1, -0.05) is 12.1 Å². The molecule has 2 aromatic carbocycles. The summed E-state index contributed by atoms with van der Waals surface area (Å²) in [5.74, 6) is 1.02. The maximum absolute atomic E-state index is 6.22. The van der Waals surface area contributed by atoms with Crippen molar-refractivity contribution in [3.8, 4) is 11.1 Å². The van der Waals surface area contributed by atoms with Gasteiger partial charge in [-0.15, -0.1) is 24.8 Å². The molecule has 0 saturated carbocycles. The first-order valence-electron chi connectivity index (χ1n) is 10.7. The zero-order valence-electron chi connectivity index (χ0n) is 20.0. The first kappa shape index (κ1) is 26.1. The molecule has 1 aliphatic carbocycles. The zero-order chi connectivity index (χ0) is 23.7. The average molecular weight is 517 g/mol. The minimum atomic E-state index is -0.637. The molecule has 0 saturated heterocycles. The Labute approximate surface area is 216 Å². The van der Waals surface area contributed by atoms with Gasteiger partial charge in [0.25, 0.3) is 0 Å². The molecule has 0 radical (unpaired) electrons. The van der Waals surface area contributed by atoms with Gasteiger partial charge in [-0.05, 0) is 80.6 Å². The minimum absolute atomic E-state index is 0. The van der Waals surface area contributed by atoms with Gasteiger partial charge in [-0.2, -0.15) is 9.98 Å². The second-order valence-corrected chi connectivity index (χ2v) is 9.40. The van der Waals surface area contributed by atoms with Crippen LogP contribution in [0.4, 0.5) is 11.4 Å². The molecule has 0 fully saturated rings. The van der Waals surface area contributed by atoms with Crippen molar-refractivity contribution in [1.29, 1.82) is 0 Å². The summed E-state index contributed by atoms with van der Waals surface area (Å²) in [7, 11) is 0. The number of rotatable bonds is 2. The molecule has 2 aliphatic heterocycles. The summed E-state index contributed by atoms with van der Waals surface area (Å²) in [4.78, 5) is 21.0. The van der Waals surface area contributed by atoms with Gasteiger partial charge >= 0.3 is 0 Å². The van der Waals surface area contributed by atoms with Crippen LogP contribution in [0.5, 0.6) is 0 Å². The first-order chi connectivity index (χ1) is 15.5. The fourth-order valence-electron chi connectivity index (χ4n) is 4.96. The van der Waals surface area contributed by atoms with Crippen LogP contribution < -0.4 is 32.7 Å². The second kappa shape index (κ2) is 8.62. The molecule has 0 unspecified atom stereocenters. The van der Waals surface area contributed by atoms with E-state index in [1.165, 1.54) is 22.3 Å². The van der Waals surface area contributed by atoms with Crippen molar-refractivity contribution in [2.75, 3.05) is 9.80 Å². The molecule has 10 nitrogen and oxygen atoms in total. The lowest BCUT2D eigenvalue weighted by Gasteiger charge is -2.38. The molecular weight excluding hydrogens is 487 g/mol. The zero-order valence-corrected chi connectivity index (χ0v) is 21.6. The fourth-order valence-corrected chi connectivity index (χ4v) is 4.96. The normalized spacial score (nSPS) is 19.2. The number of nitrogens with zero attached hydrogens (tertiary/aromatic N) is 6. The predicted molar refractivity (Wildman–Crippen MR) is 149 cm³/mol. The monoisotopic (exact) mass is 516 g/mol. The third kappa shape index (κ3) is 4.23. The summed E-state index contributed by atoms with van der Waals surface area (Å²) in [6.07, 6.45) is 0.778. The SMILES string of the molecule is CC1(C)N=C(N)N=C(N)N1c1ccc2c(c1)Cc1cc(N3C(N)=NC(N)=NC3(C)C)ccc1-2.Cl.Cl. The molecule has 3 aliphatic rings. The smallest absolute Gasteiger partial charge is 0.220 e. The van der Waals surface area contributed by atoms with E-state index in [-0.39, 0.29) is 36.7 Å². The molecule has 35 heavy (non-hydrogen) atoms. The summed E-state index contributed by atoms with van der Waals surface area (Å²) in [6.45, 7) is 7.82. The number of aliphatic imine (C=N–C) groups is 4. The van der Waals surface area contributed by atoms with Gasteiger partial charge in [-0.25, -0.2) is 9.98 Å². The van der Waals surface area contributed by atoms with E-state index >= 15 is 0 Å². The lowest BCUT2D eigenvalue weighted by molar-refractivity contribution is 0.533. The predicted octanol–water partition coefficient (Wildman–Crippen LogP) is 2.47. The van der Waals surface area contributed by atoms with Crippen molar-refractivity contribution >= 4 is 60.0 Å². The molecule has 0 amide bonds. The summed E-state index contributed by atoms with van der Waals surface area (Å²) in [6, 6.07) is 12.6. The van der Waals surface area contributed by atoms with Gasteiger partial charge in [0.15, 0.2) is 0 Å². The van der Waals surface area contributed by atoms with Crippen molar-refractivity contribution in [3.63, 3.8) is 0 Å². The third-order valence-corrected chi connectivity index (χ3v) is 6.15. The van der Waals surface area contributed by atoms with Gasteiger partial charge in [0.1, 0.15) is 11.3 Å². The van der Waals surface area contributed by atoms with E-state index in [9.17, 15) is 0 Å². The highest BCUT2D eigenvalue weighted by Gasteiger charge is 2.35. The number of nitrogens with two attached hydrogens (primary N) is 4. The largest absolute Gasteiger partial charge is 0.369 e. The number of halogens is 2. The van der Waals surface area contributed by atoms with Crippen LogP contribution in [0.25, 0.3) is 11.1 Å². The second-order valence-electron chi connectivity index (χ2n) is 9.40. The molecule has 0 bridgehead atoms. The maximum atomic E-state index is 6.22. The highest BCUT2D eigenvalue weighted by Crippen LogP contribution is 2.42.